The molecule has 0 bridgehead atoms. The summed E-state index contributed by atoms with van der Waals surface area (Å²) in [6.45, 7) is 2.23. The summed E-state index contributed by atoms with van der Waals surface area (Å²) in [7, 11) is 0. The quantitative estimate of drug-likeness (QED) is 0.146. The number of nitrogens with zero attached hydrogens (tertiary/aromatic N) is 4. The first-order chi connectivity index (χ1) is 29.7. The highest BCUT2D eigenvalue weighted by Crippen LogP contribution is 2.44. The monoisotopic (exact) mass is 788 g/mol. The Balaban J connectivity index is 1.04. The highest BCUT2D eigenvalue weighted by atomic mass is 32.1. The molecule has 5 heteroatoms. The molecule has 0 aliphatic rings. The Morgan fingerprint density at radius 2 is 1.03 bits per heavy atom. The second kappa shape index (κ2) is 15.2. The number of hydrogen-bond donors (Lipinski definition) is 0. The molecule has 0 fully saturated rings. The van der Waals surface area contributed by atoms with Crippen molar-refractivity contribution >= 4 is 53.3 Å². The number of aromatic nitrogens is 4. The van der Waals surface area contributed by atoms with E-state index in [0.717, 1.165) is 39.9 Å². The zero-order valence-electron chi connectivity index (χ0n) is 33.2. The van der Waals surface area contributed by atoms with Crippen LogP contribution in [0.25, 0.3) is 104 Å². The summed E-state index contributed by atoms with van der Waals surface area (Å²) in [6.07, 6.45) is 3.43. The lowest BCUT2D eigenvalue weighted by molar-refractivity contribution is 0.795. The Bertz CT molecular complexity index is 3360. The van der Waals surface area contributed by atoms with Crippen LogP contribution in [0.15, 0.2) is 188 Å². The summed E-state index contributed by atoms with van der Waals surface area (Å²) in [5.41, 5.74) is 12.4. The highest BCUT2D eigenvalue weighted by molar-refractivity contribution is 7.26. The van der Waals surface area contributed by atoms with Gasteiger partial charge < -0.3 is 4.57 Å². The van der Waals surface area contributed by atoms with Gasteiger partial charge in [0.25, 0.3) is 0 Å². The maximum Gasteiger partial charge on any atom is 0.164 e. The van der Waals surface area contributed by atoms with Crippen LogP contribution < -0.4 is 0 Å². The molecule has 0 unspecified atom stereocenters. The van der Waals surface area contributed by atoms with Crippen LogP contribution in [0, 0.1) is 0 Å². The Kier molecular flexibility index (Phi) is 9.09. The smallest absolute Gasteiger partial charge is 0.164 e. The summed E-state index contributed by atoms with van der Waals surface area (Å²) >= 11 is 1.88. The maximum atomic E-state index is 5.10. The molecule has 3 heterocycles. The van der Waals surface area contributed by atoms with Gasteiger partial charge in [-0.3, -0.25) is 0 Å². The van der Waals surface area contributed by atoms with Gasteiger partial charge in [-0.1, -0.05) is 171 Å². The fourth-order valence-electron chi connectivity index (χ4n) is 8.68. The molecule has 0 atom stereocenters. The maximum absolute atomic E-state index is 5.10. The van der Waals surface area contributed by atoms with Gasteiger partial charge in [0.1, 0.15) is 0 Å². The highest BCUT2D eigenvalue weighted by Gasteiger charge is 2.20. The third-order valence-corrected chi connectivity index (χ3v) is 12.9. The van der Waals surface area contributed by atoms with Gasteiger partial charge in [0.15, 0.2) is 17.5 Å². The molecule has 0 N–H and O–H groups in total. The number of thiophene rings is 1. The average Bonchev–Trinajstić information content (AvgIpc) is 3.88. The second-order valence-electron chi connectivity index (χ2n) is 15.4. The third kappa shape index (κ3) is 6.35. The first kappa shape index (κ1) is 35.9. The van der Waals surface area contributed by atoms with Crippen LogP contribution in [0.5, 0.6) is 0 Å². The van der Waals surface area contributed by atoms with Crippen molar-refractivity contribution in [3.63, 3.8) is 0 Å². The predicted octanol–water partition coefficient (Wildman–Crippen LogP) is 15.0. The van der Waals surface area contributed by atoms with E-state index in [-0.39, 0.29) is 0 Å². The third-order valence-electron chi connectivity index (χ3n) is 11.6. The Labute approximate surface area is 353 Å². The van der Waals surface area contributed by atoms with Gasteiger partial charge in [0.05, 0.1) is 11.0 Å². The summed E-state index contributed by atoms with van der Waals surface area (Å²) in [6, 6.07) is 67.4. The van der Waals surface area contributed by atoms with Crippen molar-refractivity contribution in [2.75, 3.05) is 0 Å². The van der Waals surface area contributed by atoms with Crippen molar-refractivity contribution in [3.8, 4) is 62.1 Å². The summed E-state index contributed by atoms with van der Waals surface area (Å²) in [4.78, 5) is 15.2. The molecular weight excluding hydrogens is 749 g/mol. The van der Waals surface area contributed by atoms with E-state index in [2.05, 4.69) is 181 Å². The number of para-hydroxylation sites is 2. The molecule has 4 nitrogen and oxygen atoms in total. The number of aryl methyl sites for hydroxylation is 1. The molecule has 0 aliphatic heterocycles. The standard InChI is InChI=1S/C55H40N4S/c1-2-3-15-36-30-32-38(33-31-36)54-56-53(37-16-5-4-6-17-37)57-55(58-54)41-20-11-18-39(34-41)40-19-12-21-42(35-40)59-49-28-9-7-22-43(49)45-24-13-25-46(51(45)59)48-27-14-26-47-44-23-8-10-29-50(44)60-52(47)48/h4-14,16-35H,2-3,15H2,1H3. The van der Waals surface area contributed by atoms with E-state index in [9.17, 15) is 0 Å². The van der Waals surface area contributed by atoms with E-state index in [4.69, 9.17) is 15.0 Å². The number of benzene rings is 8. The fraction of sp³-hybridized carbons (Fsp3) is 0.0727. The van der Waals surface area contributed by atoms with E-state index < -0.39 is 0 Å². The van der Waals surface area contributed by atoms with Crippen LogP contribution >= 0.6 is 11.3 Å². The van der Waals surface area contributed by atoms with Crippen molar-refractivity contribution in [3.05, 3.63) is 194 Å². The first-order valence-electron chi connectivity index (χ1n) is 20.7. The van der Waals surface area contributed by atoms with E-state index in [1.54, 1.807) is 0 Å². The lowest BCUT2D eigenvalue weighted by atomic mass is 9.99. The summed E-state index contributed by atoms with van der Waals surface area (Å²) in [5, 5.41) is 5.09. The van der Waals surface area contributed by atoms with Crippen molar-refractivity contribution < 1.29 is 0 Å². The minimum Gasteiger partial charge on any atom is -0.309 e. The van der Waals surface area contributed by atoms with Crippen LogP contribution in [0.3, 0.4) is 0 Å². The molecule has 8 aromatic carbocycles. The van der Waals surface area contributed by atoms with Gasteiger partial charge in [-0.2, -0.15) is 0 Å². The van der Waals surface area contributed by atoms with Gasteiger partial charge >= 0.3 is 0 Å². The summed E-state index contributed by atoms with van der Waals surface area (Å²) < 4.78 is 5.08. The van der Waals surface area contributed by atoms with Crippen molar-refractivity contribution in [1.82, 2.24) is 19.5 Å². The second-order valence-corrected chi connectivity index (χ2v) is 16.5. The van der Waals surface area contributed by atoms with Gasteiger partial charge in [-0.25, -0.2) is 15.0 Å². The molecule has 0 radical (unpaired) electrons. The van der Waals surface area contributed by atoms with Crippen LogP contribution in [0.1, 0.15) is 25.3 Å². The lowest BCUT2D eigenvalue weighted by Crippen LogP contribution is -2.00. The fourth-order valence-corrected chi connectivity index (χ4v) is 9.91. The minimum absolute atomic E-state index is 0.648. The number of rotatable bonds is 9. The molecule has 3 aromatic heterocycles. The average molecular weight is 789 g/mol. The molecule has 0 amide bonds. The molecule has 0 aliphatic carbocycles. The molecule has 286 valence electrons. The molecule has 11 rings (SSSR count). The SMILES string of the molecule is CCCCc1ccc(-c2nc(-c3ccccc3)nc(-c3cccc(-c4cccc(-n5c6ccccc6c6cccc(-c7cccc8c7sc7ccccc78)c65)c4)c3)n2)cc1. The molecule has 0 saturated heterocycles. The van der Waals surface area contributed by atoms with E-state index >= 15 is 0 Å². The molecular formula is C55H40N4S. The van der Waals surface area contributed by atoms with E-state index in [1.165, 1.54) is 71.5 Å². The normalized spacial score (nSPS) is 11.6. The van der Waals surface area contributed by atoms with Crippen LogP contribution in [-0.4, -0.2) is 19.5 Å². The Morgan fingerprint density at radius 1 is 0.450 bits per heavy atom. The van der Waals surface area contributed by atoms with Crippen molar-refractivity contribution in [2.24, 2.45) is 0 Å². The number of hydrogen-bond acceptors (Lipinski definition) is 4. The van der Waals surface area contributed by atoms with Gasteiger partial charge in [-0.05, 0) is 59.9 Å². The zero-order valence-corrected chi connectivity index (χ0v) is 34.0. The lowest BCUT2D eigenvalue weighted by Gasteiger charge is -2.14. The predicted molar refractivity (Wildman–Crippen MR) is 253 cm³/mol. The zero-order chi connectivity index (χ0) is 40.0. The minimum atomic E-state index is 0.648. The topological polar surface area (TPSA) is 43.6 Å². The molecule has 0 saturated carbocycles. The van der Waals surface area contributed by atoms with Crippen LogP contribution in [-0.2, 0) is 6.42 Å². The summed E-state index contributed by atoms with van der Waals surface area (Å²) in [5.74, 6) is 1.97. The van der Waals surface area contributed by atoms with Gasteiger partial charge in [-0.15, -0.1) is 11.3 Å². The number of unbranched alkanes of at least 4 members (excludes halogenated alkanes) is 1. The van der Waals surface area contributed by atoms with Crippen LogP contribution in [0.4, 0.5) is 0 Å². The molecule has 11 aromatic rings. The number of fused-ring (bicyclic) bond motifs is 6. The van der Waals surface area contributed by atoms with E-state index in [1.807, 2.05) is 29.5 Å². The Hall–Kier alpha value is -7.21. The molecule has 60 heavy (non-hydrogen) atoms. The molecule has 0 spiro atoms. The van der Waals surface area contributed by atoms with Crippen LogP contribution in [0.2, 0.25) is 0 Å². The largest absolute Gasteiger partial charge is 0.309 e. The Morgan fingerprint density at radius 3 is 1.83 bits per heavy atom. The van der Waals surface area contributed by atoms with Gasteiger partial charge in [0, 0.05) is 64.4 Å². The van der Waals surface area contributed by atoms with Crippen molar-refractivity contribution in [1.29, 1.82) is 0 Å². The van der Waals surface area contributed by atoms with Gasteiger partial charge in [0.2, 0.25) is 0 Å². The first-order valence-corrected chi connectivity index (χ1v) is 21.6. The van der Waals surface area contributed by atoms with E-state index in [0.29, 0.717) is 17.5 Å². The van der Waals surface area contributed by atoms with Crippen molar-refractivity contribution in [2.45, 2.75) is 26.2 Å².